The van der Waals surface area contributed by atoms with E-state index in [4.69, 9.17) is 5.73 Å². The molecule has 0 saturated carbocycles. The first-order valence-corrected chi connectivity index (χ1v) is 9.41. The number of nitro benzene ring substituents is 1. The molecular formula is C19H17N5O4S. The molecule has 1 aromatic heterocycles. The van der Waals surface area contributed by atoms with Crippen LogP contribution in [0.3, 0.4) is 0 Å². The number of nitrogens with zero attached hydrogens (tertiary/aromatic N) is 4. The van der Waals surface area contributed by atoms with Crippen molar-refractivity contribution >= 4 is 29.1 Å². The number of nitro groups is 1. The molecule has 0 aliphatic carbocycles. The third-order valence-electron chi connectivity index (χ3n) is 3.94. The second kappa shape index (κ2) is 8.48. The zero-order valence-electron chi connectivity index (χ0n) is 15.3. The summed E-state index contributed by atoms with van der Waals surface area (Å²) in [5, 5.41) is 27.0. The minimum Gasteiger partial charge on any atom is -0.507 e. The molecule has 0 spiro atoms. The predicted octanol–water partition coefficient (Wildman–Crippen LogP) is 2.73. The molecule has 0 saturated heterocycles. The first-order valence-electron chi connectivity index (χ1n) is 8.53. The van der Waals surface area contributed by atoms with Gasteiger partial charge < -0.3 is 10.8 Å². The molecule has 1 heterocycles. The van der Waals surface area contributed by atoms with Crippen LogP contribution >= 0.6 is 11.3 Å². The van der Waals surface area contributed by atoms with Crippen LogP contribution in [0.15, 0.2) is 57.9 Å². The number of thiazole rings is 1. The van der Waals surface area contributed by atoms with E-state index in [0.717, 1.165) is 0 Å². The van der Waals surface area contributed by atoms with Crippen LogP contribution in [0.4, 0.5) is 5.69 Å². The highest BCUT2D eigenvalue weighted by Crippen LogP contribution is 2.26. The van der Waals surface area contributed by atoms with E-state index in [0.29, 0.717) is 28.2 Å². The molecule has 3 rings (SSSR count). The zero-order chi connectivity index (χ0) is 21.0. The molecule has 0 aliphatic rings. The number of aromatic nitrogens is 1. The lowest BCUT2D eigenvalue weighted by Crippen LogP contribution is -2.13. The average Bonchev–Trinajstić information content (AvgIpc) is 3.09. The molecular weight excluding hydrogens is 394 g/mol. The first kappa shape index (κ1) is 20.0. The topological polar surface area (TPSA) is 136 Å². The summed E-state index contributed by atoms with van der Waals surface area (Å²) in [6.45, 7) is 2.42. The summed E-state index contributed by atoms with van der Waals surface area (Å²) in [5.41, 5.74) is 7.08. The average molecular weight is 411 g/mol. The van der Waals surface area contributed by atoms with Gasteiger partial charge in [0, 0.05) is 35.2 Å². The largest absolute Gasteiger partial charge is 0.507 e. The molecule has 0 aliphatic heterocycles. The van der Waals surface area contributed by atoms with Gasteiger partial charge in [0.25, 0.3) is 11.6 Å². The molecule has 2 aromatic carbocycles. The number of hydrogen-bond donors (Lipinski definition) is 2. The van der Waals surface area contributed by atoms with Crippen molar-refractivity contribution in [3.05, 3.63) is 73.9 Å². The van der Waals surface area contributed by atoms with Crippen molar-refractivity contribution in [3.8, 4) is 17.0 Å². The summed E-state index contributed by atoms with van der Waals surface area (Å²) in [6, 6.07) is 10.6. The number of primary amides is 1. The highest BCUT2D eigenvalue weighted by atomic mass is 32.1. The Morgan fingerprint density at radius 3 is 2.83 bits per heavy atom. The molecule has 9 nitrogen and oxygen atoms in total. The summed E-state index contributed by atoms with van der Waals surface area (Å²) >= 11 is 1.35. The third kappa shape index (κ3) is 4.38. The minimum absolute atomic E-state index is 0.00288. The molecule has 0 atom stereocenters. The zero-order valence-corrected chi connectivity index (χ0v) is 16.2. The van der Waals surface area contributed by atoms with Crippen LogP contribution in [-0.2, 0) is 0 Å². The molecule has 3 N–H and O–H groups in total. The number of aromatic hydroxyl groups is 1. The SMILES string of the molecule is CCN=c1scc(-c2ccc(O)c(C(N)=O)c2)n1/N=C/c1cccc([N+](=O)[O-])c1. The second-order valence-corrected chi connectivity index (χ2v) is 6.72. The van der Waals surface area contributed by atoms with Gasteiger partial charge in [-0.15, -0.1) is 11.3 Å². The van der Waals surface area contributed by atoms with E-state index in [1.807, 2.05) is 12.3 Å². The fraction of sp³-hybridized carbons (Fsp3) is 0.105. The fourth-order valence-electron chi connectivity index (χ4n) is 2.59. The maximum Gasteiger partial charge on any atom is 0.270 e. The Morgan fingerprint density at radius 2 is 2.14 bits per heavy atom. The normalized spacial score (nSPS) is 11.8. The molecule has 0 radical (unpaired) electrons. The van der Waals surface area contributed by atoms with Gasteiger partial charge in [-0.1, -0.05) is 12.1 Å². The second-order valence-electron chi connectivity index (χ2n) is 5.88. The summed E-state index contributed by atoms with van der Waals surface area (Å²) in [4.78, 5) is 27.1. The van der Waals surface area contributed by atoms with Crippen LogP contribution in [0, 0.1) is 10.1 Å². The van der Waals surface area contributed by atoms with Gasteiger partial charge in [0.05, 0.1) is 22.4 Å². The van der Waals surface area contributed by atoms with Crippen molar-refractivity contribution < 1.29 is 14.8 Å². The van der Waals surface area contributed by atoms with Crippen LogP contribution in [0.25, 0.3) is 11.3 Å². The molecule has 0 bridgehead atoms. The molecule has 0 fully saturated rings. The highest BCUT2D eigenvalue weighted by molar-refractivity contribution is 7.07. The molecule has 0 unspecified atom stereocenters. The van der Waals surface area contributed by atoms with E-state index in [9.17, 15) is 20.0 Å². The Bertz CT molecular complexity index is 1180. The van der Waals surface area contributed by atoms with Crippen LogP contribution in [0.5, 0.6) is 5.75 Å². The number of carbonyl (C=O) groups is 1. The van der Waals surface area contributed by atoms with Gasteiger partial charge in [0.2, 0.25) is 4.80 Å². The van der Waals surface area contributed by atoms with Crippen LogP contribution in [-0.4, -0.2) is 33.4 Å². The van der Waals surface area contributed by atoms with Crippen LogP contribution < -0.4 is 10.5 Å². The monoisotopic (exact) mass is 411 g/mol. The van der Waals surface area contributed by atoms with E-state index in [-0.39, 0.29) is 17.0 Å². The minimum atomic E-state index is -0.746. The Hall–Kier alpha value is -3.79. The summed E-state index contributed by atoms with van der Waals surface area (Å²) in [5.74, 6) is -0.953. The van der Waals surface area contributed by atoms with Gasteiger partial charge in [-0.25, -0.2) is 4.68 Å². The number of benzene rings is 2. The Balaban J connectivity index is 2.10. The van der Waals surface area contributed by atoms with Crippen molar-refractivity contribution in [2.75, 3.05) is 6.54 Å². The van der Waals surface area contributed by atoms with Gasteiger partial charge in [-0.3, -0.25) is 19.9 Å². The van der Waals surface area contributed by atoms with Crippen LogP contribution in [0.1, 0.15) is 22.8 Å². The number of rotatable bonds is 6. The van der Waals surface area contributed by atoms with Gasteiger partial charge in [0.15, 0.2) is 0 Å². The van der Waals surface area contributed by atoms with Gasteiger partial charge in [0.1, 0.15) is 5.75 Å². The number of carbonyl (C=O) groups excluding carboxylic acids is 1. The molecule has 148 valence electrons. The molecule has 10 heteroatoms. The quantitative estimate of drug-likeness (QED) is 0.366. The maximum atomic E-state index is 11.6. The van der Waals surface area contributed by atoms with E-state index in [1.165, 1.54) is 41.8 Å². The van der Waals surface area contributed by atoms with Gasteiger partial charge in [-0.2, -0.15) is 5.10 Å². The van der Waals surface area contributed by atoms with Crippen molar-refractivity contribution in [2.45, 2.75) is 6.92 Å². The lowest BCUT2D eigenvalue weighted by atomic mass is 10.1. The number of amides is 1. The third-order valence-corrected chi connectivity index (χ3v) is 4.79. The van der Waals surface area contributed by atoms with E-state index >= 15 is 0 Å². The van der Waals surface area contributed by atoms with Gasteiger partial charge >= 0.3 is 0 Å². The first-order chi connectivity index (χ1) is 13.9. The Labute approximate surface area is 169 Å². The summed E-state index contributed by atoms with van der Waals surface area (Å²) in [6.07, 6.45) is 1.49. The maximum absolute atomic E-state index is 11.6. The number of non-ortho nitro benzene ring substituents is 1. The van der Waals surface area contributed by atoms with Crippen molar-refractivity contribution in [2.24, 2.45) is 15.8 Å². The van der Waals surface area contributed by atoms with Crippen molar-refractivity contribution in [1.29, 1.82) is 0 Å². The van der Waals surface area contributed by atoms with E-state index in [1.54, 1.807) is 22.9 Å². The van der Waals surface area contributed by atoms with Gasteiger partial charge in [-0.05, 0) is 25.1 Å². The molecule has 1 amide bonds. The number of hydrogen-bond acceptors (Lipinski definition) is 7. The fourth-order valence-corrected chi connectivity index (χ4v) is 3.49. The summed E-state index contributed by atoms with van der Waals surface area (Å²) < 4.78 is 1.57. The number of phenols is 1. The smallest absolute Gasteiger partial charge is 0.270 e. The lowest BCUT2D eigenvalue weighted by Gasteiger charge is -2.06. The molecule has 3 aromatic rings. The Morgan fingerprint density at radius 1 is 1.34 bits per heavy atom. The van der Waals surface area contributed by atoms with Crippen molar-refractivity contribution in [3.63, 3.8) is 0 Å². The van der Waals surface area contributed by atoms with Crippen molar-refractivity contribution in [1.82, 2.24) is 4.68 Å². The van der Waals surface area contributed by atoms with E-state index in [2.05, 4.69) is 10.1 Å². The molecule has 29 heavy (non-hydrogen) atoms. The standard InChI is InChI=1S/C19H17N5O4S/c1-2-21-19-23(22-10-12-4-3-5-14(8-12)24(27)28)16(11-29-19)13-6-7-17(25)15(9-13)18(20)26/h3-11,25H,2H2,1H3,(H2,20,26)/b21-19?,22-10+. The highest BCUT2D eigenvalue weighted by Gasteiger charge is 2.13. The Kier molecular flexibility index (Phi) is 5.84. The van der Waals surface area contributed by atoms with E-state index < -0.39 is 10.8 Å². The summed E-state index contributed by atoms with van der Waals surface area (Å²) in [7, 11) is 0. The lowest BCUT2D eigenvalue weighted by molar-refractivity contribution is -0.384. The predicted molar refractivity (Wildman–Crippen MR) is 110 cm³/mol. The van der Waals surface area contributed by atoms with Crippen LogP contribution in [0.2, 0.25) is 0 Å². The number of nitrogens with two attached hydrogens (primary N) is 1.